The maximum Gasteiger partial charge on any atom is 0.295 e. The molecule has 0 radical (unpaired) electrons. The largest absolute Gasteiger partial charge is 0.295 e. The monoisotopic (exact) mass is 292 g/mol. The summed E-state index contributed by atoms with van der Waals surface area (Å²) in [5.74, 6) is 0. The molecule has 0 aliphatic carbocycles. The third kappa shape index (κ3) is 3.38. The molecule has 0 aliphatic rings. The Labute approximate surface area is 120 Å². The maximum absolute atomic E-state index is 11.7. The molecule has 2 aromatic carbocycles. The third-order valence-electron chi connectivity index (χ3n) is 3.52. The van der Waals surface area contributed by atoms with Gasteiger partial charge in [-0.05, 0) is 23.8 Å². The molecule has 4 heteroatoms. The second-order valence-corrected chi connectivity index (χ2v) is 6.42. The van der Waals surface area contributed by atoms with E-state index in [0.29, 0.717) is 17.4 Å². The first-order valence-electron chi connectivity index (χ1n) is 7.02. The SMILES string of the molecule is CCCCCCc1ccc2ccccc2c1S(=O)(=O)O. The molecule has 0 bridgehead atoms. The lowest BCUT2D eigenvalue weighted by Crippen LogP contribution is -2.04. The van der Waals surface area contributed by atoms with Crippen molar-refractivity contribution in [2.75, 3.05) is 0 Å². The van der Waals surface area contributed by atoms with Crippen LogP contribution in [0.3, 0.4) is 0 Å². The van der Waals surface area contributed by atoms with Gasteiger partial charge in [0.2, 0.25) is 0 Å². The van der Waals surface area contributed by atoms with E-state index < -0.39 is 10.1 Å². The Kier molecular flexibility index (Phi) is 4.78. The first-order valence-corrected chi connectivity index (χ1v) is 8.46. The van der Waals surface area contributed by atoms with Crippen molar-refractivity contribution in [3.63, 3.8) is 0 Å². The van der Waals surface area contributed by atoms with Crippen molar-refractivity contribution >= 4 is 20.9 Å². The summed E-state index contributed by atoms with van der Waals surface area (Å²) in [7, 11) is -4.20. The summed E-state index contributed by atoms with van der Waals surface area (Å²) in [6.07, 6.45) is 4.99. The fourth-order valence-electron chi connectivity index (χ4n) is 2.53. The lowest BCUT2D eigenvalue weighted by molar-refractivity contribution is 0.483. The van der Waals surface area contributed by atoms with Crippen LogP contribution in [0, 0.1) is 0 Å². The molecule has 0 fully saturated rings. The Morgan fingerprint density at radius 2 is 1.75 bits per heavy atom. The summed E-state index contributed by atoms with van der Waals surface area (Å²) in [6, 6.07) is 11.0. The number of hydrogen-bond donors (Lipinski definition) is 1. The topological polar surface area (TPSA) is 54.4 Å². The number of rotatable bonds is 6. The highest BCUT2D eigenvalue weighted by molar-refractivity contribution is 7.86. The predicted octanol–water partition coefficient (Wildman–Crippen LogP) is 4.21. The molecule has 0 amide bonds. The molecule has 20 heavy (non-hydrogen) atoms. The van der Waals surface area contributed by atoms with E-state index in [2.05, 4.69) is 6.92 Å². The summed E-state index contributed by atoms with van der Waals surface area (Å²) in [5.41, 5.74) is 0.710. The highest BCUT2D eigenvalue weighted by Gasteiger charge is 2.18. The second kappa shape index (κ2) is 6.37. The molecule has 0 aliphatic heterocycles. The van der Waals surface area contributed by atoms with Gasteiger partial charge in [-0.25, -0.2) is 0 Å². The van der Waals surface area contributed by atoms with Crippen molar-refractivity contribution < 1.29 is 13.0 Å². The molecule has 0 spiro atoms. The van der Waals surface area contributed by atoms with E-state index in [4.69, 9.17) is 0 Å². The Hall–Kier alpha value is -1.39. The molecular formula is C16H20O3S. The van der Waals surface area contributed by atoms with Gasteiger partial charge in [-0.15, -0.1) is 0 Å². The van der Waals surface area contributed by atoms with Crippen molar-refractivity contribution in [1.82, 2.24) is 0 Å². The van der Waals surface area contributed by atoms with Crippen LogP contribution >= 0.6 is 0 Å². The molecule has 0 unspecified atom stereocenters. The van der Waals surface area contributed by atoms with Gasteiger partial charge >= 0.3 is 0 Å². The van der Waals surface area contributed by atoms with Gasteiger partial charge in [-0.2, -0.15) is 8.42 Å². The second-order valence-electron chi connectivity index (χ2n) is 5.06. The Morgan fingerprint density at radius 3 is 2.45 bits per heavy atom. The minimum atomic E-state index is -4.20. The number of benzene rings is 2. The van der Waals surface area contributed by atoms with Crippen LogP contribution in [-0.2, 0) is 16.5 Å². The van der Waals surface area contributed by atoms with Gasteiger partial charge in [-0.1, -0.05) is 62.6 Å². The lowest BCUT2D eigenvalue weighted by Gasteiger charge is -2.10. The van der Waals surface area contributed by atoms with Crippen LogP contribution in [0.15, 0.2) is 41.3 Å². The first-order chi connectivity index (χ1) is 9.54. The molecule has 108 valence electrons. The van der Waals surface area contributed by atoms with Crippen LogP contribution in [0.25, 0.3) is 10.8 Å². The molecule has 3 nitrogen and oxygen atoms in total. The molecule has 1 N–H and O–H groups in total. The van der Waals surface area contributed by atoms with Gasteiger partial charge in [0, 0.05) is 5.39 Å². The number of aryl methyl sites for hydroxylation is 1. The van der Waals surface area contributed by atoms with Gasteiger partial charge < -0.3 is 0 Å². The van der Waals surface area contributed by atoms with Crippen molar-refractivity contribution in [3.8, 4) is 0 Å². The fraction of sp³-hybridized carbons (Fsp3) is 0.375. The number of fused-ring (bicyclic) bond motifs is 1. The van der Waals surface area contributed by atoms with Crippen LogP contribution in [0.5, 0.6) is 0 Å². The van der Waals surface area contributed by atoms with E-state index in [-0.39, 0.29) is 4.90 Å². The third-order valence-corrected chi connectivity index (χ3v) is 4.52. The zero-order valence-corrected chi connectivity index (χ0v) is 12.5. The summed E-state index contributed by atoms with van der Waals surface area (Å²) >= 11 is 0. The normalized spacial score (nSPS) is 11.9. The molecule has 0 heterocycles. The van der Waals surface area contributed by atoms with E-state index in [9.17, 15) is 13.0 Å². The van der Waals surface area contributed by atoms with Crippen molar-refractivity contribution in [2.24, 2.45) is 0 Å². The molecular weight excluding hydrogens is 272 g/mol. The van der Waals surface area contributed by atoms with Gasteiger partial charge in [-0.3, -0.25) is 4.55 Å². The Morgan fingerprint density at radius 1 is 1.00 bits per heavy atom. The summed E-state index contributed by atoms with van der Waals surface area (Å²) < 4.78 is 33.0. The Bertz CT molecular complexity index is 690. The summed E-state index contributed by atoms with van der Waals surface area (Å²) in [4.78, 5) is 0.0760. The van der Waals surface area contributed by atoms with E-state index >= 15 is 0 Å². The van der Waals surface area contributed by atoms with Crippen molar-refractivity contribution in [1.29, 1.82) is 0 Å². The van der Waals surface area contributed by atoms with Crippen LogP contribution in [0.1, 0.15) is 38.2 Å². The maximum atomic E-state index is 11.7. The molecule has 2 rings (SSSR count). The smallest absolute Gasteiger partial charge is 0.282 e. The molecule has 0 aromatic heterocycles. The highest BCUT2D eigenvalue weighted by atomic mass is 32.2. The van der Waals surface area contributed by atoms with Gasteiger partial charge in [0.05, 0.1) is 0 Å². The predicted molar refractivity (Wildman–Crippen MR) is 81.6 cm³/mol. The van der Waals surface area contributed by atoms with Crippen molar-refractivity contribution in [2.45, 2.75) is 43.9 Å². The summed E-state index contributed by atoms with van der Waals surface area (Å²) in [5, 5.41) is 1.43. The molecule has 0 atom stereocenters. The fourth-order valence-corrected chi connectivity index (χ4v) is 3.50. The van der Waals surface area contributed by atoms with Gasteiger partial charge in [0.15, 0.2) is 0 Å². The van der Waals surface area contributed by atoms with Crippen LogP contribution in [-0.4, -0.2) is 13.0 Å². The molecule has 0 saturated carbocycles. The number of unbranched alkanes of at least 4 members (excludes halogenated alkanes) is 3. The van der Waals surface area contributed by atoms with Crippen molar-refractivity contribution in [3.05, 3.63) is 42.0 Å². The van der Waals surface area contributed by atoms with E-state index in [0.717, 1.165) is 31.1 Å². The van der Waals surface area contributed by atoms with Crippen LogP contribution in [0.4, 0.5) is 0 Å². The lowest BCUT2D eigenvalue weighted by atomic mass is 10.0. The quantitative estimate of drug-likeness (QED) is 0.641. The first kappa shape index (κ1) is 15.0. The van der Waals surface area contributed by atoms with E-state index in [1.807, 2.05) is 24.3 Å². The highest BCUT2D eigenvalue weighted by Crippen LogP contribution is 2.28. The standard InChI is InChI=1S/C16H20O3S/c1-2-3-4-5-9-14-12-11-13-8-6-7-10-15(13)16(14)20(17,18)19/h6-8,10-12H,2-5,9H2,1H3,(H,17,18,19). The average molecular weight is 292 g/mol. The zero-order valence-electron chi connectivity index (χ0n) is 11.7. The molecule has 0 saturated heterocycles. The number of hydrogen-bond acceptors (Lipinski definition) is 2. The van der Waals surface area contributed by atoms with Crippen LogP contribution < -0.4 is 0 Å². The minimum Gasteiger partial charge on any atom is -0.282 e. The Balaban J connectivity index is 2.44. The van der Waals surface area contributed by atoms with E-state index in [1.165, 1.54) is 0 Å². The minimum absolute atomic E-state index is 0.0760. The molecule has 2 aromatic rings. The zero-order chi connectivity index (χ0) is 14.6. The van der Waals surface area contributed by atoms with Gasteiger partial charge in [0.1, 0.15) is 4.90 Å². The van der Waals surface area contributed by atoms with Crippen LogP contribution in [0.2, 0.25) is 0 Å². The van der Waals surface area contributed by atoms with E-state index in [1.54, 1.807) is 12.1 Å². The van der Waals surface area contributed by atoms with Gasteiger partial charge in [0.25, 0.3) is 10.1 Å². The average Bonchev–Trinajstić information content (AvgIpc) is 2.41. The summed E-state index contributed by atoms with van der Waals surface area (Å²) in [6.45, 7) is 2.14.